The highest BCUT2D eigenvalue weighted by Crippen LogP contribution is 2.01. The predicted octanol–water partition coefficient (Wildman–Crippen LogP) is 2.26. The SMILES string of the molecule is CCC(C)COCCCC[O]. The van der Waals surface area contributed by atoms with Crippen LogP contribution >= 0.6 is 0 Å². The predicted molar refractivity (Wildman–Crippen MR) is 45.1 cm³/mol. The zero-order valence-electron chi connectivity index (χ0n) is 7.64. The molecule has 0 aliphatic rings. The van der Waals surface area contributed by atoms with E-state index in [1.807, 2.05) is 0 Å². The fourth-order valence-electron chi connectivity index (χ4n) is 0.709. The molecule has 0 aliphatic carbocycles. The largest absolute Gasteiger partial charge is 0.381 e. The molecule has 0 saturated carbocycles. The number of ether oxygens (including phenoxy) is 1. The third kappa shape index (κ3) is 7.82. The first kappa shape index (κ1) is 10.9. The summed E-state index contributed by atoms with van der Waals surface area (Å²) in [5, 5.41) is 10.0. The van der Waals surface area contributed by atoms with Crippen molar-refractivity contribution in [3.8, 4) is 0 Å². The Morgan fingerprint density at radius 1 is 1.36 bits per heavy atom. The highest BCUT2D eigenvalue weighted by atomic mass is 16.5. The van der Waals surface area contributed by atoms with Gasteiger partial charge in [-0.3, -0.25) is 0 Å². The Morgan fingerprint density at radius 2 is 2.09 bits per heavy atom. The normalized spacial score (nSPS) is 13.4. The fourth-order valence-corrected chi connectivity index (χ4v) is 0.709. The molecule has 0 N–H and O–H groups in total. The third-order valence-electron chi connectivity index (χ3n) is 1.78. The summed E-state index contributed by atoms with van der Waals surface area (Å²) in [6.07, 6.45) is 2.84. The summed E-state index contributed by atoms with van der Waals surface area (Å²) in [5.41, 5.74) is 0. The van der Waals surface area contributed by atoms with Crippen LogP contribution in [0.2, 0.25) is 0 Å². The van der Waals surface area contributed by atoms with Crippen LogP contribution in [-0.4, -0.2) is 19.8 Å². The molecule has 0 fully saturated rings. The molecule has 2 heteroatoms. The van der Waals surface area contributed by atoms with Gasteiger partial charge in [-0.25, -0.2) is 5.11 Å². The van der Waals surface area contributed by atoms with E-state index in [-0.39, 0.29) is 6.61 Å². The highest BCUT2D eigenvalue weighted by Gasteiger charge is 1.97. The van der Waals surface area contributed by atoms with Gasteiger partial charge < -0.3 is 4.74 Å². The fraction of sp³-hybridized carbons (Fsp3) is 1.00. The monoisotopic (exact) mass is 159 g/mol. The van der Waals surface area contributed by atoms with E-state index in [0.29, 0.717) is 5.92 Å². The Labute approximate surface area is 69.6 Å². The van der Waals surface area contributed by atoms with E-state index in [1.54, 1.807) is 0 Å². The molecule has 1 radical (unpaired) electrons. The van der Waals surface area contributed by atoms with E-state index in [4.69, 9.17) is 4.74 Å². The smallest absolute Gasteiger partial charge is 0.0823 e. The van der Waals surface area contributed by atoms with Gasteiger partial charge in [0.15, 0.2) is 0 Å². The van der Waals surface area contributed by atoms with Crippen LogP contribution in [0.3, 0.4) is 0 Å². The number of rotatable bonds is 7. The molecule has 0 aromatic carbocycles. The maximum Gasteiger partial charge on any atom is 0.0823 e. The van der Waals surface area contributed by atoms with Crippen LogP contribution in [0.25, 0.3) is 0 Å². The molecule has 1 unspecified atom stereocenters. The van der Waals surface area contributed by atoms with Crippen molar-refractivity contribution in [1.29, 1.82) is 0 Å². The van der Waals surface area contributed by atoms with Crippen molar-refractivity contribution < 1.29 is 9.84 Å². The molecule has 0 bridgehead atoms. The topological polar surface area (TPSA) is 29.1 Å². The summed E-state index contributed by atoms with van der Waals surface area (Å²) >= 11 is 0. The summed E-state index contributed by atoms with van der Waals surface area (Å²) in [4.78, 5) is 0. The minimum atomic E-state index is 0.0344. The lowest BCUT2D eigenvalue weighted by Crippen LogP contribution is -2.05. The quantitative estimate of drug-likeness (QED) is 0.524. The molecule has 0 saturated heterocycles. The molecule has 0 rings (SSSR count). The van der Waals surface area contributed by atoms with E-state index in [1.165, 1.54) is 6.42 Å². The maximum absolute atomic E-state index is 10.0. The van der Waals surface area contributed by atoms with Crippen LogP contribution in [0, 0.1) is 5.92 Å². The van der Waals surface area contributed by atoms with Gasteiger partial charge in [0.05, 0.1) is 6.61 Å². The average molecular weight is 159 g/mol. The lowest BCUT2D eigenvalue weighted by molar-refractivity contribution is 0.0924. The maximum atomic E-state index is 10.0. The molecule has 67 valence electrons. The van der Waals surface area contributed by atoms with Crippen LogP contribution in [0.4, 0.5) is 0 Å². The van der Waals surface area contributed by atoms with Gasteiger partial charge in [0.25, 0.3) is 0 Å². The van der Waals surface area contributed by atoms with Crippen LogP contribution in [0.5, 0.6) is 0 Å². The first-order chi connectivity index (χ1) is 5.31. The van der Waals surface area contributed by atoms with Crippen molar-refractivity contribution in [2.75, 3.05) is 19.8 Å². The van der Waals surface area contributed by atoms with Gasteiger partial charge in [0.1, 0.15) is 0 Å². The van der Waals surface area contributed by atoms with E-state index >= 15 is 0 Å². The summed E-state index contributed by atoms with van der Waals surface area (Å²) < 4.78 is 5.35. The second-order valence-electron chi connectivity index (χ2n) is 3.00. The third-order valence-corrected chi connectivity index (χ3v) is 1.78. The number of hydrogen-bond acceptors (Lipinski definition) is 1. The highest BCUT2D eigenvalue weighted by molar-refractivity contribution is 4.46. The Kier molecular flexibility index (Phi) is 7.96. The van der Waals surface area contributed by atoms with Crippen LogP contribution in [-0.2, 0) is 9.84 Å². The standard InChI is InChI=1S/C9H19O2/c1-3-9(2)8-11-7-5-4-6-10/h9H,3-8H2,1-2H3. The molecule has 0 spiro atoms. The molecule has 0 amide bonds. The lowest BCUT2D eigenvalue weighted by atomic mass is 10.1. The van der Waals surface area contributed by atoms with E-state index < -0.39 is 0 Å². The van der Waals surface area contributed by atoms with Crippen LogP contribution in [0.1, 0.15) is 33.1 Å². The lowest BCUT2D eigenvalue weighted by Gasteiger charge is -2.08. The summed E-state index contributed by atoms with van der Waals surface area (Å²) in [7, 11) is 0. The minimum Gasteiger partial charge on any atom is -0.381 e. The molecular weight excluding hydrogens is 140 g/mol. The molecule has 0 aliphatic heterocycles. The Bertz CT molecular complexity index is 74.0. The summed E-state index contributed by atoms with van der Waals surface area (Å²) in [6, 6.07) is 0. The minimum absolute atomic E-state index is 0.0344. The molecule has 0 aromatic rings. The molecule has 11 heavy (non-hydrogen) atoms. The molecular formula is C9H19O2. The zero-order chi connectivity index (χ0) is 8.53. The Morgan fingerprint density at radius 3 is 2.64 bits per heavy atom. The van der Waals surface area contributed by atoms with E-state index in [2.05, 4.69) is 13.8 Å². The van der Waals surface area contributed by atoms with Crippen LogP contribution in [0.15, 0.2) is 0 Å². The van der Waals surface area contributed by atoms with E-state index in [0.717, 1.165) is 26.1 Å². The Balaban J connectivity index is 2.89. The molecule has 0 aromatic heterocycles. The summed E-state index contributed by atoms with van der Waals surface area (Å²) in [5.74, 6) is 0.655. The van der Waals surface area contributed by atoms with Gasteiger partial charge in [-0.05, 0) is 18.8 Å². The number of hydrogen-bond donors (Lipinski definition) is 0. The van der Waals surface area contributed by atoms with Gasteiger partial charge in [0.2, 0.25) is 0 Å². The van der Waals surface area contributed by atoms with Crippen molar-refractivity contribution in [1.82, 2.24) is 0 Å². The van der Waals surface area contributed by atoms with Crippen molar-refractivity contribution in [2.45, 2.75) is 33.1 Å². The molecule has 2 nitrogen and oxygen atoms in total. The number of unbranched alkanes of at least 4 members (excludes halogenated alkanes) is 1. The average Bonchev–Trinajstić information content (AvgIpc) is 2.04. The first-order valence-electron chi connectivity index (χ1n) is 4.47. The zero-order valence-corrected chi connectivity index (χ0v) is 7.64. The van der Waals surface area contributed by atoms with Gasteiger partial charge in [-0.15, -0.1) is 0 Å². The van der Waals surface area contributed by atoms with Gasteiger partial charge in [-0.1, -0.05) is 20.3 Å². The summed E-state index contributed by atoms with van der Waals surface area (Å²) in [6.45, 7) is 5.97. The van der Waals surface area contributed by atoms with Crippen molar-refractivity contribution >= 4 is 0 Å². The van der Waals surface area contributed by atoms with Crippen molar-refractivity contribution in [3.05, 3.63) is 0 Å². The molecule has 0 heterocycles. The van der Waals surface area contributed by atoms with E-state index in [9.17, 15) is 5.11 Å². The van der Waals surface area contributed by atoms with Gasteiger partial charge >= 0.3 is 0 Å². The molecule has 1 atom stereocenters. The van der Waals surface area contributed by atoms with Crippen LogP contribution < -0.4 is 0 Å². The second-order valence-corrected chi connectivity index (χ2v) is 3.00. The van der Waals surface area contributed by atoms with Crippen molar-refractivity contribution in [3.63, 3.8) is 0 Å². The Hall–Kier alpha value is -0.0800. The van der Waals surface area contributed by atoms with Gasteiger partial charge in [-0.2, -0.15) is 0 Å². The van der Waals surface area contributed by atoms with Crippen molar-refractivity contribution in [2.24, 2.45) is 5.92 Å². The first-order valence-corrected chi connectivity index (χ1v) is 4.47. The van der Waals surface area contributed by atoms with Gasteiger partial charge in [0, 0.05) is 13.2 Å². The second kappa shape index (κ2) is 8.02.